The highest BCUT2D eigenvalue weighted by molar-refractivity contribution is 9.10. The maximum Gasteiger partial charge on any atom is 0.137 e. The minimum absolute atomic E-state index is 0.705. The van der Waals surface area contributed by atoms with Crippen molar-refractivity contribution in [1.29, 1.82) is 0 Å². The molecule has 1 N–H and O–H groups in total. The first kappa shape index (κ1) is 15.0. The fourth-order valence-electron chi connectivity index (χ4n) is 2.80. The van der Waals surface area contributed by atoms with E-state index >= 15 is 0 Å². The maximum atomic E-state index is 4.82. The monoisotopic (exact) mass is 377 g/mol. The molecule has 0 aliphatic carbocycles. The molecule has 2 aromatic carbocycles. The zero-order valence-electron chi connectivity index (χ0n) is 13.0. The van der Waals surface area contributed by atoms with Crippen LogP contribution in [0.5, 0.6) is 0 Å². The molecule has 0 aliphatic rings. The first-order valence-corrected chi connectivity index (χ1v) is 8.61. The van der Waals surface area contributed by atoms with Crippen LogP contribution in [0, 0.1) is 0 Å². The molecule has 0 saturated carbocycles. The number of fused-ring (bicyclic) bond motifs is 1. The number of aromatic nitrogens is 2. The minimum Gasteiger partial charge on any atom is -0.379 e. The van der Waals surface area contributed by atoms with Gasteiger partial charge in [-0.2, -0.15) is 0 Å². The summed E-state index contributed by atoms with van der Waals surface area (Å²) < 4.78 is 3.22. The van der Waals surface area contributed by atoms with Gasteiger partial charge >= 0.3 is 0 Å². The van der Waals surface area contributed by atoms with Crippen LogP contribution >= 0.6 is 15.9 Å². The van der Waals surface area contributed by atoms with E-state index in [-0.39, 0.29) is 0 Å². The Bertz CT molecular complexity index is 959. The van der Waals surface area contributed by atoms with E-state index in [9.17, 15) is 0 Å². The van der Waals surface area contributed by atoms with Crippen molar-refractivity contribution in [3.05, 3.63) is 89.2 Å². The van der Waals surface area contributed by atoms with Crippen LogP contribution in [-0.4, -0.2) is 9.38 Å². The van der Waals surface area contributed by atoms with Gasteiger partial charge in [-0.05, 0) is 36.4 Å². The van der Waals surface area contributed by atoms with Crippen LogP contribution < -0.4 is 5.32 Å². The van der Waals surface area contributed by atoms with Crippen LogP contribution in [0.2, 0.25) is 0 Å². The molecule has 4 rings (SSSR count). The van der Waals surface area contributed by atoms with Crippen LogP contribution in [0.15, 0.2) is 83.5 Å². The second-order valence-electron chi connectivity index (χ2n) is 5.56. The second kappa shape index (κ2) is 6.49. The number of imidazole rings is 1. The number of halogens is 1. The SMILES string of the molecule is Brc1ccc(NCc2c(-c3ccccc3)nc3ccccn23)cc1. The summed E-state index contributed by atoms with van der Waals surface area (Å²) in [5.41, 5.74) is 5.35. The summed E-state index contributed by atoms with van der Waals surface area (Å²) in [4.78, 5) is 4.82. The lowest BCUT2D eigenvalue weighted by Crippen LogP contribution is -2.04. The highest BCUT2D eigenvalue weighted by atomic mass is 79.9. The van der Waals surface area contributed by atoms with Crippen LogP contribution in [0.25, 0.3) is 16.9 Å². The first-order chi connectivity index (χ1) is 11.8. The predicted octanol–water partition coefficient (Wildman–Crippen LogP) is 5.38. The Kier molecular flexibility index (Phi) is 4.05. The summed E-state index contributed by atoms with van der Waals surface area (Å²) in [5.74, 6) is 0. The molecule has 0 radical (unpaired) electrons. The number of nitrogens with one attached hydrogen (secondary N) is 1. The van der Waals surface area contributed by atoms with Crippen molar-refractivity contribution in [3.63, 3.8) is 0 Å². The van der Waals surface area contributed by atoms with Gasteiger partial charge in [-0.1, -0.05) is 52.3 Å². The van der Waals surface area contributed by atoms with E-state index in [2.05, 4.69) is 56.1 Å². The summed E-state index contributed by atoms with van der Waals surface area (Å²) >= 11 is 3.47. The van der Waals surface area contributed by atoms with Gasteiger partial charge in [0.15, 0.2) is 0 Å². The van der Waals surface area contributed by atoms with Crippen molar-refractivity contribution in [2.45, 2.75) is 6.54 Å². The lowest BCUT2D eigenvalue weighted by atomic mass is 10.1. The van der Waals surface area contributed by atoms with Gasteiger partial charge in [0.25, 0.3) is 0 Å². The maximum absolute atomic E-state index is 4.82. The Hall–Kier alpha value is -2.59. The van der Waals surface area contributed by atoms with E-state index in [0.717, 1.165) is 32.8 Å². The second-order valence-corrected chi connectivity index (χ2v) is 6.48. The number of nitrogens with zero attached hydrogens (tertiary/aromatic N) is 2. The molecule has 4 aromatic rings. The zero-order valence-corrected chi connectivity index (χ0v) is 14.6. The van der Waals surface area contributed by atoms with E-state index in [0.29, 0.717) is 6.54 Å². The lowest BCUT2D eigenvalue weighted by Gasteiger charge is -2.09. The average molecular weight is 378 g/mol. The highest BCUT2D eigenvalue weighted by Crippen LogP contribution is 2.25. The molecular formula is C20H16BrN3. The number of pyridine rings is 1. The van der Waals surface area contributed by atoms with Crippen molar-refractivity contribution in [2.24, 2.45) is 0 Å². The summed E-state index contributed by atoms with van der Waals surface area (Å²) in [5, 5.41) is 3.49. The number of hydrogen-bond acceptors (Lipinski definition) is 2. The lowest BCUT2D eigenvalue weighted by molar-refractivity contribution is 1.01. The molecule has 0 atom stereocenters. The molecule has 0 bridgehead atoms. The summed E-state index contributed by atoms with van der Waals surface area (Å²) in [7, 11) is 0. The molecule has 24 heavy (non-hydrogen) atoms. The molecule has 0 saturated heterocycles. The van der Waals surface area contributed by atoms with E-state index in [1.54, 1.807) is 0 Å². The molecule has 0 aliphatic heterocycles. The molecule has 118 valence electrons. The predicted molar refractivity (Wildman–Crippen MR) is 102 cm³/mol. The molecule has 0 spiro atoms. The van der Waals surface area contributed by atoms with Gasteiger partial charge in [0.2, 0.25) is 0 Å². The minimum atomic E-state index is 0.705. The van der Waals surface area contributed by atoms with Crippen molar-refractivity contribution >= 4 is 27.3 Å². The third-order valence-electron chi connectivity index (χ3n) is 3.98. The molecule has 2 aromatic heterocycles. The van der Waals surface area contributed by atoms with Gasteiger partial charge in [-0.15, -0.1) is 0 Å². The number of rotatable bonds is 4. The third-order valence-corrected chi connectivity index (χ3v) is 4.51. The van der Waals surface area contributed by atoms with E-state index in [1.165, 1.54) is 0 Å². The largest absolute Gasteiger partial charge is 0.379 e. The van der Waals surface area contributed by atoms with Crippen LogP contribution in [0.1, 0.15) is 5.69 Å². The van der Waals surface area contributed by atoms with Gasteiger partial charge in [-0.3, -0.25) is 0 Å². The molecule has 0 amide bonds. The Morgan fingerprint density at radius 3 is 2.42 bits per heavy atom. The van der Waals surface area contributed by atoms with Crippen molar-refractivity contribution < 1.29 is 0 Å². The molecular weight excluding hydrogens is 362 g/mol. The Morgan fingerprint density at radius 2 is 1.62 bits per heavy atom. The normalized spacial score (nSPS) is 10.9. The quantitative estimate of drug-likeness (QED) is 0.517. The van der Waals surface area contributed by atoms with Crippen LogP contribution in [-0.2, 0) is 6.54 Å². The van der Waals surface area contributed by atoms with Crippen molar-refractivity contribution in [1.82, 2.24) is 9.38 Å². The van der Waals surface area contributed by atoms with Gasteiger partial charge in [0.1, 0.15) is 5.65 Å². The third kappa shape index (κ3) is 2.93. The Labute approximate surface area is 149 Å². The fourth-order valence-corrected chi connectivity index (χ4v) is 3.06. The van der Waals surface area contributed by atoms with E-state index < -0.39 is 0 Å². The number of benzene rings is 2. The Balaban J connectivity index is 1.74. The van der Waals surface area contributed by atoms with Gasteiger partial charge in [-0.25, -0.2) is 4.98 Å². The highest BCUT2D eigenvalue weighted by Gasteiger charge is 2.13. The Morgan fingerprint density at radius 1 is 0.875 bits per heavy atom. The fraction of sp³-hybridized carbons (Fsp3) is 0.0500. The van der Waals surface area contributed by atoms with Crippen molar-refractivity contribution in [3.8, 4) is 11.3 Å². The van der Waals surface area contributed by atoms with Gasteiger partial charge < -0.3 is 9.72 Å². The molecule has 0 unspecified atom stereocenters. The summed E-state index contributed by atoms with van der Waals surface area (Å²) in [6.45, 7) is 0.705. The molecule has 4 heteroatoms. The standard InChI is InChI=1S/C20H16BrN3/c21-16-9-11-17(12-10-16)22-14-18-20(15-6-2-1-3-7-15)23-19-8-4-5-13-24(18)19/h1-13,22H,14H2. The molecule has 3 nitrogen and oxygen atoms in total. The smallest absolute Gasteiger partial charge is 0.137 e. The van der Waals surface area contributed by atoms with E-state index in [4.69, 9.17) is 4.98 Å². The zero-order chi connectivity index (χ0) is 16.4. The molecule has 0 fully saturated rings. The summed E-state index contributed by atoms with van der Waals surface area (Å²) in [6.07, 6.45) is 2.06. The van der Waals surface area contributed by atoms with E-state index in [1.807, 2.05) is 48.5 Å². The van der Waals surface area contributed by atoms with Crippen LogP contribution in [0.4, 0.5) is 5.69 Å². The van der Waals surface area contributed by atoms with Gasteiger partial charge in [0, 0.05) is 21.9 Å². The average Bonchev–Trinajstić information content (AvgIpc) is 3.01. The van der Waals surface area contributed by atoms with Crippen molar-refractivity contribution in [2.75, 3.05) is 5.32 Å². The first-order valence-electron chi connectivity index (χ1n) is 7.82. The van der Waals surface area contributed by atoms with Gasteiger partial charge in [0.05, 0.1) is 17.9 Å². The number of anilines is 1. The number of hydrogen-bond donors (Lipinski definition) is 1. The van der Waals surface area contributed by atoms with Crippen LogP contribution in [0.3, 0.4) is 0 Å². The molecule has 2 heterocycles. The summed E-state index contributed by atoms with van der Waals surface area (Å²) in [6, 6.07) is 24.6. The topological polar surface area (TPSA) is 29.3 Å².